The molecule has 10 nitrogen and oxygen atoms in total. The van der Waals surface area contributed by atoms with E-state index in [4.69, 9.17) is 9.47 Å². The van der Waals surface area contributed by atoms with E-state index in [1.807, 2.05) is 6.07 Å². The molecule has 308 valence electrons. The molecule has 0 aromatic heterocycles. The maximum atomic E-state index is 12.4. The summed E-state index contributed by atoms with van der Waals surface area (Å²) in [5, 5.41) is 22.6. The minimum absolute atomic E-state index is 0. The molecule has 0 amide bonds. The van der Waals surface area contributed by atoms with E-state index in [9.17, 15) is 36.2 Å². The first-order valence-electron chi connectivity index (χ1n) is 19.9. The van der Waals surface area contributed by atoms with Crippen LogP contribution in [0.2, 0.25) is 0 Å². The van der Waals surface area contributed by atoms with E-state index < -0.39 is 41.5 Å². The van der Waals surface area contributed by atoms with E-state index in [0.717, 1.165) is 38.5 Å². The molecule has 4 aromatic carbocycles. The zero-order valence-corrected chi connectivity index (χ0v) is 37.3. The monoisotopic (exact) mass is 850 g/mol. The first-order chi connectivity index (χ1) is 26.8. The van der Waals surface area contributed by atoms with Crippen LogP contribution in [0.3, 0.4) is 0 Å². The van der Waals surface area contributed by atoms with Gasteiger partial charge in [-0.3, -0.25) is 4.55 Å². The fourth-order valence-electron chi connectivity index (χ4n) is 6.25. The number of aromatic hydroxyl groups is 1. The molecular weight excluding hydrogens is 793 g/mol. The van der Waals surface area contributed by atoms with Gasteiger partial charge in [0.15, 0.2) is 11.5 Å². The molecule has 0 fully saturated rings. The van der Waals surface area contributed by atoms with Crippen LogP contribution in [0.25, 0.3) is 0 Å². The average Bonchev–Trinajstić information content (AvgIpc) is 3.16. The molecule has 57 heavy (non-hydrogen) atoms. The Hall–Kier alpha value is -2.84. The summed E-state index contributed by atoms with van der Waals surface area (Å²) in [6, 6.07) is 23.1. The summed E-state index contributed by atoms with van der Waals surface area (Å²) in [7, 11) is -9.41. The van der Waals surface area contributed by atoms with Crippen LogP contribution < -0.4 is 14.6 Å². The first kappa shape index (κ1) is 50.3. The molecule has 0 saturated heterocycles. The summed E-state index contributed by atoms with van der Waals surface area (Å²) in [5.74, 6) is -0.681. The number of hydrogen-bond acceptors (Lipinski definition) is 9. The Morgan fingerprint density at radius 2 is 0.912 bits per heavy atom. The van der Waals surface area contributed by atoms with E-state index in [1.54, 1.807) is 66.7 Å². The first-order valence-corrected chi connectivity index (χ1v) is 22.8. The van der Waals surface area contributed by atoms with Crippen LogP contribution >= 0.6 is 0 Å². The van der Waals surface area contributed by atoms with Crippen LogP contribution in [0.15, 0.2) is 94.7 Å². The van der Waals surface area contributed by atoms with Crippen LogP contribution in [0.1, 0.15) is 128 Å². The van der Waals surface area contributed by atoms with Crippen molar-refractivity contribution >= 4 is 58.0 Å². The summed E-state index contributed by atoms with van der Waals surface area (Å²) in [5.41, 5.74) is 1.34. The van der Waals surface area contributed by atoms with Crippen molar-refractivity contribution in [2.75, 3.05) is 0 Å². The maximum Gasteiger partial charge on any atom is 2.00 e. The summed E-state index contributed by atoms with van der Waals surface area (Å²) < 4.78 is 78.5. The van der Waals surface area contributed by atoms with Gasteiger partial charge in [0.05, 0.1) is 4.90 Å². The van der Waals surface area contributed by atoms with Gasteiger partial charge in [0, 0.05) is 0 Å². The molecule has 0 aliphatic rings. The molecule has 0 spiro atoms. The van der Waals surface area contributed by atoms with Crippen molar-refractivity contribution in [1.29, 1.82) is 0 Å². The maximum absolute atomic E-state index is 12.4. The normalized spacial score (nSPS) is 11.3. The van der Waals surface area contributed by atoms with Crippen molar-refractivity contribution in [2.45, 2.75) is 139 Å². The SMILES string of the molecule is CCCCCCCCCCc1cc(Oc2ccccc2)c(O)c(S(=O)(=O)O)c1.CCCCCCCCCCc1cc(Oc2ccccc2)c([O-])c(S(=O)(=O)[O-])c1.[Ca+2]. The smallest absolute Gasteiger partial charge is 0.869 e. The summed E-state index contributed by atoms with van der Waals surface area (Å²) in [6.07, 6.45) is 19.9. The fourth-order valence-corrected chi connectivity index (χ4v) is 7.52. The zero-order chi connectivity index (χ0) is 40.8. The van der Waals surface area contributed by atoms with Crippen molar-refractivity contribution in [3.63, 3.8) is 0 Å². The van der Waals surface area contributed by atoms with Gasteiger partial charge in [0.1, 0.15) is 32.3 Å². The van der Waals surface area contributed by atoms with Crippen LogP contribution in [0, 0.1) is 0 Å². The number of benzene rings is 4. The number of ether oxygens (including phenoxy) is 2. The van der Waals surface area contributed by atoms with Gasteiger partial charge in [-0.2, -0.15) is 8.42 Å². The summed E-state index contributed by atoms with van der Waals surface area (Å²) in [6.45, 7) is 4.40. The Balaban J connectivity index is 0.000000387. The van der Waals surface area contributed by atoms with Gasteiger partial charge in [0.2, 0.25) is 0 Å². The predicted molar refractivity (Wildman–Crippen MR) is 223 cm³/mol. The van der Waals surface area contributed by atoms with Crippen LogP contribution in [-0.2, 0) is 33.1 Å². The van der Waals surface area contributed by atoms with E-state index in [-0.39, 0.29) is 49.2 Å². The van der Waals surface area contributed by atoms with E-state index in [2.05, 4.69) is 13.8 Å². The summed E-state index contributed by atoms with van der Waals surface area (Å²) in [4.78, 5) is -1.26. The van der Waals surface area contributed by atoms with Crippen molar-refractivity contribution in [2.24, 2.45) is 0 Å². The number of phenolic OH excluding ortho intramolecular Hbond substituents is 1. The van der Waals surface area contributed by atoms with Gasteiger partial charge in [-0.1, -0.05) is 140 Å². The van der Waals surface area contributed by atoms with Crippen LogP contribution in [-0.4, -0.2) is 68.8 Å². The molecule has 0 heterocycles. The topological polar surface area (TPSA) is 173 Å². The van der Waals surface area contributed by atoms with E-state index in [1.165, 1.54) is 76.3 Å². The van der Waals surface area contributed by atoms with Crippen LogP contribution in [0.5, 0.6) is 34.5 Å². The molecule has 0 aliphatic heterocycles. The van der Waals surface area contributed by atoms with Gasteiger partial charge >= 0.3 is 37.7 Å². The molecule has 2 N–H and O–H groups in total. The van der Waals surface area contributed by atoms with Crippen molar-refractivity contribution in [1.82, 2.24) is 0 Å². The van der Waals surface area contributed by atoms with Crippen molar-refractivity contribution in [3.05, 3.63) is 96.1 Å². The van der Waals surface area contributed by atoms with Gasteiger partial charge in [-0.05, 0) is 91.1 Å². The van der Waals surface area contributed by atoms with Crippen molar-refractivity contribution < 1.29 is 45.6 Å². The number of hydrogen-bond donors (Lipinski definition) is 2. The van der Waals surface area contributed by atoms with Gasteiger partial charge in [0.25, 0.3) is 10.1 Å². The van der Waals surface area contributed by atoms with E-state index in [0.29, 0.717) is 35.5 Å². The average molecular weight is 851 g/mol. The second-order valence-electron chi connectivity index (χ2n) is 14.1. The molecule has 4 aromatic rings. The zero-order valence-electron chi connectivity index (χ0n) is 33.5. The second kappa shape index (κ2) is 27.0. The molecule has 0 radical (unpaired) electrons. The number of para-hydroxylation sites is 2. The number of phenols is 1. The summed E-state index contributed by atoms with van der Waals surface area (Å²) >= 11 is 0. The second-order valence-corrected chi connectivity index (χ2v) is 16.8. The van der Waals surface area contributed by atoms with Gasteiger partial charge in [-0.15, -0.1) is 0 Å². The minimum atomic E-state index is -4.86. The largest absolute Gasteiger partial charge is 2.00 e. The Bertz CT molecular complexity index is 1810. The van der Waals surface area contributed by atoms with Crippen molar-refractivity contribution in [3.8, 4) is 34.5 Å². The van der Waals surface area contributed by atoms with Gasteiger partial charge in [-0.25, -0.2) is 8.42 Å². The van der Waals surface area contributed by atoms with Gasteiger partial charge < -0.3 is 24.2 Å². The Labute approximate surface area is 370 Å². The molecule has 0 atom stereocenters. The fraction of sp³-hybridized carbons (Fsp3) is 0.455. The third-order valence-corrected chi connectivity index (χ3v) is 11.0. The predicted octanol–water partition coefficient (Wildman–Crippen LogP) is 10.9. The van der Waals surface area contributed by atoms with E-state index >= 15 is 0 Å². The minimum Gasteiger partial charge on any atom is -0.869 e. The Morgan fingerprint density at radius 3 is 1.32 bits per heavy atom. The molecular formula is C44H58CaO10S2. The molecule has 4 rings (SSSR count). The third-order valence-electron chi connectivity index (χ3n) is 9.31. The molecule has 0 unspecified atom stereocenters. The molecule has 0 aliphatic carbocycles. The molecule has 0 bridgehead atoms. The standard InChI is InChI=1S/2C22H30O5S.Ca/c2*1-2-3-4-5-6-7-8-10-13-18-16-20(27-19-14-11-9-12-15-19)22(23)21(17-18)28(24,25)26;/h2*9,11-12,14-17,23H,2-8,10,13H2,1H3,(H,24,25,26);/q;;+2/p-2. The third kappa shape index (κ3) is 19.2. The number of aryl methyl sites for hydroxylation is 2. The number of rotatable bonds is 24. The Kier molecular flexibility index (Phi) is 23.8. The quantitative estimate of drug-likeness (QED) is 0.0392. The van der Waals surface area contributed by atoms with Crippen LogP contribution in [0.4, 0.5) is 0 Å². The Morgan fingerprint density at radius 1 is 0.544 bits per heavy atom. The molecule has 0 saturated carbocycles. The number of unbranched alkanes of at least 4 members (excludes halogenated alkanes) is 14. The molecule has 13 heteroatoms.